The number of hydrogen-bond acceptors (Lipinski definition) is 3. The standard InChI is InChI=1S/C17H25N5O/c1-5-18-17(22(3)13-15-7-6-10-21(15)2)20-12-14-8-9-16(23-4)19-11-14/h6-11H,5,12-13H2,1-4H3,(H,18,20). The zero-order chi connectivity index (χ0) is 16.7. The molecule has 124 valence electrons. The largest absolute Gasteiger partial charge is 0.481 e. The van der Waals surface area contributed by atoms with Crippen LogP contribution < -0.4 is 10.1 Å². The van der Waals surface area contributed by atoms with Crippen molar-refractivity contribution in [2.24, 2.45) is 12.0 Å². The summed E-state index contributed by atoms with van der Waals surface area (Å²) < 4.78 is 7.19. The van der Waals surface area contributed by atoms with Gasteiger partial charge in [0.05, 0.1) is 20.2 Å². The van der Waals surface area contributed by atoms with Gasteiger partial charge in [0.25, 0.3) is 0 Å². The molecule has 0 aliphatic rings. The molecule has 0 fully saturated rings. The number of aromatic nitrogens is 2. The zero-order valence-corrected chi connectivity index (χ0v) is 14.3. The Hall–Kier alpha value is -2.50. The van der Waals surface area contributed by atoms with Crippen molar-refractivity contribution < 1.29 is 4.74 Å². The molecule has 0 aliphatic heterocycles. The van der Waals surface area contributed by atoms with Gasteiger partial charge in [0.1, 0.15) is 0 Å². The van der Waals surface area contributed by atoms with Gasteiger partial charge in [0.2, 0.25) is 5.88 Å². The molecule has 0 bridgehead atoms. The molecule has 6 heteroatoms. The van der Waals surface area contributed by atoms with Crippen molar-refractivity contribution in [2.45, 2.75) is 20.0 Å². The summed E-state index contributed by atoms with van der Waals surface area (Å²) in [7, 11) is 5.71. The maximum absolute atomic E-state index is 5.07. The number of methoxy groups -OCH3 is 1. The number of rotatable bonds is 6. The minimum absolute atomic E-state index is 0.580. The first-order chi connectivity index (χ1) is 11.1. The van der Waals surface area contributed by atoms with Crippen molar-refractivity contribution in [3.05, 3.63) is 47.9 Å². The van der Waals surface area contributed by atoms with Gasteiger partial charge >= 0.3 is 0 Å². The molecular formula is C17H25N5O. The Morgan fingerprint density at radius 1 is 1.39 bits per heavy atom. The fourth-order valence-electron chi connectivity index (χ4n) is 2.24. The Kier molecular flexibility index (Phi) is 6.02. The van der Waals surface area contributed by atoms with Crippen LogP contribution in [0.5, 0.6) is 5.88 Å². The SMILES string of the molecule is CCNC(=NCc1ccc(OC)nc1)N(C)Cc1cccn1C. The molecule has 0 aromatic carbocycles. The molecule has 2 aromatic heterocycles. The van der Waals surface area contributed by atoms with Crippen LogP contribution in [0.15, 0.2) is 41.7 Å². The summed E-state index contributed by atoms with van der Waals surface area (Å²) in [6.07, 6.45) is 3.85. The summed E-state index contributed by atoms with van der Waals surface area (Å²) >= 11 is 0. The predicted octanol–water partition coefficient (Wildman–Crippen LogP) is 2.03. The maximum Gasteiger partial charge on any atom is 0.212 e. The Morgan fingerprint density at radius 3 is 2.78 bits per heavy atom. The Labute approximate surface area is 137 Å². The first-order valence-electron chi connectivity index (χ1n) is 7.72. The van der Waals surface area contributed by atoms with Gasteiger partial charge < -0.3 is 19.5 Å². The molecule has 6 nitrogen and oxygen atoms in total. The molecule has 0 spiro atoms. The van der Waals surface area contributed by atoms with E-state index in [1.807, 2.05) is 19.2 Å². The number of pyridine rings is 1. The van der Waals surface area contributed by atoms with Crippen molar-refractivity contribution in [3.63, 3.8) is 0 Å². The second-order valence-corrected chi connectivity index (χ2v) is 5.35. The lowest BCUT2D eigenvalue weighted by molar-refractivity contribution is 0.397. The van der Waals surface area contributed by atoms with Crippen LogP contribution in [0.3, 0.4) is 0 Å². The highest BCUT2D eigenvalue weighted by molar-refractivity contribution is 5.79. The number of ether oxygens (including phenoxy) is 1. The smallest absolute Gasteiger partial charge is 0.212 e. The Bertz CT molecular complexity index is 633. The molecule has 2 rings (SSSR count). The topological polar surface area (TPSA) is 54.7 Å². The average molecular weight is 315 g/mol. The Morgan fingerprint density at radius 2 is 2.22 bits per heavy atom. The van der Waals surface area contributed by atoms with Gasteiger partial charge in [0.15, 0.2) is 5.96 Å². The van der Waals surface area contributed by atoms with Gasteiger partial charge in [-0.15, -0.1) is 0 Å². The number of aryl methyl sites for hydroxylation is 1. The third-order valence-corrected chi connectivity index (χ3v) is 3.57. The molecule has 23 heavy (non-hydrogen) atoms. The highest BCUT2D eigenvalue weighted by Gasteiger charge is 2.08. The second kappa shape index (κ2) is 8.22. The third-order valence-electron chi connectivity index (χ3n) is 3.57. The first-order valence-corrected chi connectivity index (χ1v) is 7.72. The maximum atomic E-state index is 5.07. The number of hydrogen-bond donors (Lipinski definition) is 1. The van der Waals surface area contributed by atoms with Crippen LogP contribution in [-0.4, -0.2) is 41.1 Å². The van der Waals surface area contributed by atoms with E-state index in [-0.39, 0.29) is 0 Å². The normalized spacial score (nSPS) is 11.4. The first kappa shape index (κ1) is 16.9. The van der Waals surface area contributed by atoms with Crippen LogP contribution in [-0.2, 0) is 20.1 Å². The predicted molar refractivity (Wildman–Crippen MR) is 92.5 cm³/mol. The van der Waals surface area contributed by atoms with Crippen molar-refractivity contribution in [1.29, 1.82) is 0 Å². The van der Waals surface area contributed by atoms with E-state index < -0.39 is 0 Å². The van der Waals surface area contributed by atoms with Crippen LogP contribution in [0.25, 0.3) is 0 Å². The van der Waals surface area contributed by atoms with Crippen molar-refractivity contribution in [1.82, 2.24) is 19.8 Å². The highest BCUT2D eigenvalue weighted by atomic mass is 16.5. The third kappa shape index (κ3) is 4.74. The van der Waals surface area contributed by atoms with E-state index in [4.69, 9.17) is 9.73 Å². The summed E-state index contributed by atoms with van der Waals surface area (Å²) in [5.41, 5.74) is 2.29. The molecule has 0 radical (unpaired) electrons. The number of guanidine groups is 1. The summed E-state index contributed by atoms with van der Waals surface area (Å²) in [5, 5.41) is 3.33. The summed E-state index contributed by atoms with van der Waals surface area (Å²) in [4.78, 5) is 11.0. The highest BCUT2D eigenvalue weighted by Crippen LogP contribution is 2.08. The fraction of sp³-hybridized carbons (Fsp3) is 0.412. The van der Waals surface area contributed by atoms with E-state index in [0.29, 0.717) is 12.4 Å². The monoisotopic (exact) mass is 315 g/mol. The molecular weight excluding hydrogens is 290 g/mol. The molecule has 0 unspecified atom stereocenters. The van der Waals surface area contributed by atoms with E-state index in [0.717, 1.165) is 24.6 Å². The molecule has 0 atom stereocenters. The lowest BCUT2D eigenvalue weighted by Gasteiger charge is -2.22. The zero-order valence-electron chi connectivity index (χ0n) is 14.3. The lowest BCUT2D eigenvalue weighted by atomic mass is 10.3. The van der Waals surface area contributed by atoms with Gasteiger partial charge in [-0.25, -0.2) is 9.98 Å². The van der Waals surface area contributed by atoms with Gasteiger partial charge in [-0.05, 0) is 24.6 Å². The van der Waals surface area contributed by atoms with Gasteiger partial charge in [-0.1, -0.05) is 6.07 Å². The quantitative estimate of drug-likeness (QED) is 0.654. The van der Waals surface area contributed by atoms with E-state index in [2.05, 4.69) is 52.1 Å². The molecule has 0 aliphatic carbocycles. The van der Waals surface area contributed by atoms with Crippen molar-refractivity contribution in [3.8, 4) is 5.88 Å². The van der Waals surface area contributed by atoms with E-state index in [1.54, 1.807) is 13.3 Å². The van der Waals surface area contributed by atoms with Gasteiger partial charge in [0, 0.05) is 44.8 Å². The molecule has 1 N–H and O–H groups in total. The minimum atomic E-state index is 0.580. The summed E-state index contributed by atoms with van der Waals surface area (Å²) in [6, 6.07) is 8.01. The number of nitrogens with one attached hydrogen (secondary N) is 1. The van der Waals surface area contributed by atoms with Crippen molar-refractivity contribution >= 4 is 5.96 Å². The molecule has 2 aromatic rings. The molecule has 0 saturated carbocycles. The summed E-state index contributed by atoms with van der Waals surface area (Å²) in [6.45, 7) is 4.28. The van der Waals surface area contributed by atoms with Crippen LogP contribution >= 0.6 is 0 Å². The van der Waals surface area contributed by atoms with Crippen LogP contribution in [0.1, 0.15) is 18.2 Å². The Balaban J connectivity index is 2.04. The average Bonchev–Trinajstić information content (AvgIpc) is 2.96. The van der Waals surface area contributed by atoms with Crippen LogP contribution in [0.4, 0.5) is 0 Å². The lowest BCUT2D eigenvalue weighted by Crippen LogP contribution is -2.38. The number of nitrogens with zero attached hydrogens (tertiary/aromatic N) is 4. The molecule has 0 saturated heterocycles. The van der Waals surface area contributed by atoms with Crippen LogP contribution in [0.2, 0.25) is 0 Å². The van der Waals surface area contributed by atoms with Crippen molar-refractivity contribution in [2.75, 3.05) is 20.7 Å². The van der Waals surface area contributed by atoms with E-state index >= 15 is 0 Å². The molecule has 2 heterocycles. The van der Waals surface area contributed by atoms with E-state index in [9.17, 15) is 0 Å². The molecule has 0 amide bonds. The summed E-state index contributed by atoms with van der Waals surface area (Å²) in [5.74, 6) is 1.50. The van der Waals surface area contributed by atoms with Gasteiger partial charge in [-0.3, -0.25) is 0 Å². The van der Waals surface area contributed by atoms with E-state index in [1.165, 1.54) is 5.69 Å². The second-order valence-electron chi connectivity index (χ2n) is 5.35. The minimum Gasteiger partial charge on any atom is -0.481 e. The van der Waals surface area contributed by atoms with Gasteiger partial charge in [-0.2, -0.15) is 0 Å². The van der Waals surface area contributed by atoms with Crippen LogP contribution in [0, 0.1) is 0 Å². The number of aliphatic imine (C=N–C) groups is 1. The fourth-order valence-corrected chi connectivity index (χ4v) is 2.24.